The average molecular weight is 282 g/mol. The fourth-order valence-electron chi connectivity index (χ4n) is 2.25. The molecule has 0 saturated carbocycles. The molecule has 0 saturated heterocycles. The molecular formula is C19H26N2. The molecule has 0 spiro atoms. The van der Waals surface area contributed by atoms with Crippen molar-refractivity contribution in [1.82, 2.24) is 5.32 Å². The van der Waals surface area contributed by atoms with Crippen molar-refractivity contribution < 1.29 is 0 Å². The van der Waals surface area contributed by atoms with Crippen LogP contribution in [-0.4, -0.2) is 6.54 Å². The second-order valence-electron chi connectivity index (χ2n) is 5.40. The zero-order chi connectivity index (χ0) is 14.9. The van der Waals surface area contributed by atoms with Gasteiger partial charge < -0.3 is 10.6 Å². The quantitative estimate of drug-likeness (QED) is 0.703. The molecule has 0 amide bonds. The van der Waals surface area contributed by atoms with Crippen molar-refractivity contribution in [3.8, 4) is 0 Å². The third-order valence-corrected chi connectivity index (χ3v) is 3.64. The Kier molecular flexibility index (Phi) is 6.29. The van der Waals surface area contributed by atoms with Crippen molar-refractivity contribution in [2.45, 2.75) is 39.8 Å². The first kappa shape index (κ1) is 15.6. The number of hydrogen-bond acceptors (Lipinski definition) is 2. The highest BCUT2D eigenvalue weighted by Crippen LogP contribution is 2.12. The highest BCUT2D eigenvalue weighted by atomic mass is 14.9. The van der Waals surface area contributed by atoms with Crippen molar-refractivity contribution in [1.29, 1.82) is 0 Å². The van der Waals surface area contributed by atoms with E-state index in [-0.39, 0.29) is 0 Å². The van der Waals surface area contributed by atoms with Crippen LogP contribution in [0.25, 0.3) is 0 Å². The number of hydrogen-bond donors (Lipinski definition) is 2. The molecule has 0 aliphatic carbocycles. The lowest BCUT2D eigenvalue weighted by atomic mass is 10.1. The second kappa shape index (κ2) is 8.48. The van der Waals surface area contributed by atoms with Gasteiger partial charge in [-0.2, -0.15) is 0 Å². The van der Waals surface area contributed by atoms with Crippen molar-refractivity contribution in [2.24, 2.45) is 0 Å². The summed E-state index contributed by atoms with van der Waals surface area (Å²) in [4.78, 5) is 0. The molecule has 0 atom stereocenters. The van der Waals surface area contributed by atoms with E-state index in [1.54, 1.807) is 0 Å². The van der Waals surface area contributed by atoms with E-state index < -0.39 is 0 Å². The Morgan fingerprint density at radius 3 is 1.86 bits per heavy atom. The number of anilines is 1. The highest BCUT2D eigenvalue weighted by molar-refractivity contribution is 5.45. The molecule has 2 aromatic rings. The number of rotatable bonds is 8. The third kappa shape index (κ3) is 5.24. The molecule has 0 aliphatic rings. The molecule has 2 aromatic carbocycles. The number of aryl methyl sites for hydroxylation is 1. The average Bonchev–Trinajstić information content (AvgIpc) is 2.55. The van der Waals surface area contributed by atoms with E-state index in [0.717, 1.165) is 26.1 Å². The Hall–Kier alpha value is -1.80. The van der Waals surface area contributed by atoms with Gasteiger partial charge in [0, 0.05) is 18.8 Å². The van der Waals surface area contributed by atoms with Crippen LogP contribution in [0, 0.1) is 0 Å². The van der Waals surface area contributed by atoms with Gasteiger partial charge in [0.25, 0.3) is 0 Å². The summed E-state index contributed by atoms with van der Waals surface area (Å²) in [7, 11) is 0. The summed E-state index contributed by atoms with van der Waals surface area (Å²) in [5, 5.41) is 6.89. The molecule has 2 rings (SSSR count). The topological polar surface area (TPSA) is 24.1 Å². The van der Waals surface area contributed by atoms with Gasteiger partial charge in [0.05, 0.1) is 0 Å². The maximum Gasteiger partial charge on any atom is 0.0400 e. The Labute approximate surface area is 128 Å². The van der Waals surface area contributed by atoms with Gasteiger partial charge in [0.15, 0.2) is 0 Å². The maximum absolute atomic E-state index is 3.47. The van der Waals surface area contributed by atoms with E-state index in [1.165, 1.54) is 28.8 Å². The van der Waals surface area contributed by atoms with Gasteiger partial charge in [-0.25, -0.2) is 0 Å². The Bertz CT molecular complexity index is 514. The summed E-state index contributed by atoms with van der Waals surface area (Å²) in [5.74, 6) is 0. The minimum absolute atomic E-state index is 0.869. The lowest BCUT2D eigenvalue weighted by Gasteiger charge is -2.08. The predicted octanol–water partition coefficient (Wildman–Crippen LogP) is 4.36. The number of benzene rings is 2. The summed E-state index contributed by atoms with van der Waals surface area (Å²) in [6.45, 7) is 7.28. The predicted molar refractivity (Wildman–Crippen MR) is 91.6 cm³/mol. The molecule has 21 heavy (non-hydrogen) atoms. The normalized spacial score (nSPS) is 10.6. The maximum atomic E-state index is 3.47. The van der Waals surface area contributed by atoms with E-state index in [2.05, 4.69) is 73.0 Å². The molecule has 0 aliphatic heterocycles. The monoisotopic (exact) mass is 282 g/mol. The first-order valence-electron chi connectivity index (χ1n) is 7.93. The Balaban J connectivity index is 1.82. The molecule has 0 heterocycles. The smallest absolute Gasteiger partial charge is 0.0400 e. The summed E-state index contributed by atoms with van der Waals surface area (Å²) in [6.07, 6.45) is 2.27. The van der Waals surface area contributed by atoms with Gasteiger partial charge in [-0.1, -0.05) is 50.2 Å². The standard InChI is InChI=1S/C19H26N2/c1-3-13-20-14-17-5-7-18(8-6-17)15-21-19-11-9-16(4-2)10-12-19/h5-12,20-21H,3-4,13-15H2,1-2H3. The number of nitrogens with one attached hydrogen (secondary N) is 2. The first-order valence-corrected chi connectivity index (χ1v) is 7.93. The van der Waals surface area contributed by atoms with Crippen molar-refractivity contribution in [3.63, 3.8) is 0 Å². The minimum atomic E-state index is 0.869. The van der Waals surface area contributed by atoms with Crippen LogP contribution in [0.15, 0.2) is 48.5 Å². The van der Waals surface area contributed by atoms with E-state index in [9.17, 15) is 0 Å². The van der Waals surface area contributed by atoms with E-state index in [1.807, 2.05) is 0 Å². The van der Waals surface area contributed by atoms with Crippen molar-refractivity contribution in [3.05, 3.63) is 65.2 Å². The lowest BCUT2D eigenvalue weighted by molar-refractivity contribution is 0.675. The van der Waals surface area contributed by atoms with Crippen LogP contribution in [0.2, 0.25) is 0 Å². The van der Waals surface area contributed by atoms with Crippen LogP contribution >= 0.6 is 0 Å². The molecule has 0 fully saturated rings. The highest BCUT2D eigenvalue weighted by Gasteiger charge is 1.96. The van der Waals surface area contributed by atoms with E-state index in [4.69, 9.17) is 0 Å². The van der Waals surface area contributed by atoms with Gasteiger partial charge in [0.1, 0.15) is 0 Å². The van der Waals surface area contributed by atoms with Crippen LogP contribution in [0.3, 0.4) is 0 Å². The van der Waals surface area contributed by atoms with Crippen molar-refractivity contribution in [2.75, 3.05) is 11.9 Å². The van der Waals surface area contributed by atoms with Gasteiger partial charge >= 0.3 is 0 Å². The van der Waals surface area contributed by atoms with Crippen molar-refractivity contribution >= 4 is 5.69 Å². The molecule has 0 aromatic heterocycles. The van der Waals surface area contributed by atoms with E-state index in [0.29, 0.717) is 0 Å². The zero-order valence-electron chi connectivity index (χ0n) is 13.2. The third-order valence-electron chi connectivity index (χ3n) is 3.64. The summed E-state index contributed by atoms with van der Waals surface area (Å²) >= 11 is 0. The summed E-state index contributed by atoms with van der Waals surface area (Å²) in [6, 6.07) is 17.5. The Morgan fingerprint density at radius 1 is 0.714 bits per heavy atom. The zero-order valence-corrected chi connectivity index (χ0v) is 13.2. The SMILES string of the molecule is CCCNCc1ccc(CNc2ccc(CC)cc2)cc1. The van der Waals surface area contributed by atoms with Crippen LogP contribution in [-0.2, 0) is 19.5 Å². The molecule has 0 bridgehead atoms. The molecule has 112 valence electrons. The molecule has 0 radical (unpaired) electrons. The van der Waals surface area contributed by atoms with Crippen LogP contribution in [0.5, 0.6) is 0 Å². The molecular weight excluding hydrogens is 256 g/mol. The fourth-order valence-corrected chi connectivity index (χ4v) is 2.25. The molecule has 2 N–H and O–H groups in total. The molecule has 0 unspecified atom stereocenters. The second-order valence-corrected chi connectivity index (χ2v) is 5.40. The molecule has 2 heteroatoms. The summed E-state index contributed by atoms with van der Waals surface area (Å²) in [5.41, 5.74) is 5.22. The van der Waals surface area contributed by atoms with E-state index >= 15 is 0 Å². The fraction of sp³-hybridized carbons (Fsp3) is 0.368. The van der Waals surface area contributed by atoms with Gasteiger partial charge in [-0.3, -0.25) is 0 Å². The van der Waals surface area contributed by atoms with Gasteiger partial charge in [-0.05, 0) is 48.2 Å². The van der Waals surface area contributed by atoms with Crippen LogP contribution in [0.1, 0.15) is 37.0 Å². The van der Waals surface area contributed by atoms with Gasteiger partial charge in [-0.15, -0.1) is 0 Å². The van der Waals surface area contributed by atoms with Crippen LogP contribution < -0.4 is 10.6 Å². The largest absolute Gasteiger partial charge is 0.381 e. The molecule has 2 nitrogen and oxygen atoms in total. The summed E-state index contributed by atoms with van der Waals surface area (Å²) < 4.78 is 0. The minimum Gasteiger partial charge on any atom is -0.381 e. The lowest BCUT2D eigenvalue weighted by Crippen LogP contribution is -2.13. The first-order chi connectivity index (χ1) is 10.3. The van der Waals surface area contributed by atoms with Gasteiger partial charge in [0.2, 0.25) is 0 Å². The van der Waals surface area contributed by atoms with Crippen LogP contribution in [0.4, 0.5) is 5.69 Å². The Morgan fingerprint density at radius 2 is 1.29 bits per heavy atom.